The summed E-state index contributed by atoms with van der Waals surface area (Å²) in [4.78, 5) is 27.5. The molecule has 7 nitrogen and oxygen atoms in total. The molecule has 130 valence electrons. The van der Waals surface area contributed by atoms with Crippen LogP contribution in [0.1, 0.15) is 5.69 Å². The third-order valence-corrected chi connectivity index (χ3v) is 3.13. The minimum atomic E-state index is -0.704. The summed E-state index contributed by atoms with van der Waals surface area (Å²) in [5.74, 6) is -0.891. The van der Waals surface area contributed by atoms with Gasteiger partial charge in [0.2, 0.25) is 0 Å². The fourth-order valence-electron chi connectivity index (χ4n) is 1.91. The molecule has 0 unspecified atom stereocenters. The Labute approximate surface area is 145 Å². The number of para-hydroxylation sites is 2. The van der Waals surface area contributed by atoms with Crippen molar-refractivity contribution in [2.45, 2.75) is 6.61 Å². The lowest BCUT2D eigenvalue weighted by molar-refractivity contribution is -0.138. The Morgan fingerprint density at radius 3 is 2.52 bits per heavy atom. The highest BCUT2D eigenvalue weighted by Gasteiger charge is 2.15. The van der Waals surface area contributed by atoms with Crippen molar-refractivity contribution in [3.8, 4) is 5.75 Å². The van der Waals surface area contributed by atoms with Gasteiger partial charge >= 0.3 is 11.9 Å². The second-order valence-electron chi connectivity index (χ2n) is 4.80. The number of anilines is 1. The van der Waals surface area contributed by atoms with E-state index in [2.05, 4.69) is 19.8 Å². The number of carbonyl (C=O) groups excluding carboxylic acids is 2. The summed E-state index contributed by atoms with van der Waals surface area (Å²) in [6.07, 6.45) is 2.69. The predicted molar refractivity (Wildman–Crippen MR) is 90.7 cm³/mol. The van der Waals surface area contributed by atoms with E-state index in [1.165, 1.54) is 14.2 Å². The van der Waals surface area contributed by atoms with Crippen molar-refractivity contribution in [1.82, 2.24) is 4.98 Å². The number of rotatable bonds is 7. The Kier molecular flexibility index (Phi) is 6.53. The van der Waals surface area contributed by atoms with Gasteiger partial charge in [0.1, 0.15) is 18.1 Å². The van der Waals surface area contributed by atoms with E-state index in [9.17, 15) is 9.59 Å². The first-order valence-corrected chi connectivity index (χ1v) is 7.40. The zero-order valence-corrected chi connectivity index (χ0v) is 13.9. The molecule has 25 heavy (non-hydrogen) atoms. The van der Waals surface area contributed by atoms with Crippen LogP contribution in [0.25, 0.3) is 0 Å². The number of ether oxygens (including phenoxy) is 3. The molecule has 0 aliphatic carbocycles. The summed E-state index contributed by atoms with van der Waals surface area (Å²) in [6.45, 7) is 0.258. The smallest absolute Gasteiger partial charge is 0.354 e. The fraction of sp³-hybridized carbons (Fsp3) is 0.167. The lowest BCUT2D eigenvalue weighted by Crippen LogP contribution is -2.16. The maximum atomic E-state index is 11.8. The van der Waals surface area contributed by atoms with Crippen LogP contribution >= 0.6 is 0 Å². The zero-order valence-electron chi connectivity index (χ0n) is 13.9. The van der Waals surface area contributed by atoms with Crippen LogP contribution in [-0.2, 0) is 25.7 Å². The summed E-state index contributed by atoms with van der Waals surface area (Å²) in [7, 11) is 2.44. The highest BCUT2D eigenvalue weighted by atomic mass is 16.5. The standard InChI is InChI=1S/C18H18N2O5/c1-23-17(21)11-15(18(22)24-2)20-14-8-3-4-9-16(14)25-12-13-7-5-6-10-19-13/h3-11,20H,12H2,1-2H3/b15-11+. The third kappa shape index (κ3) is 5.35. The molecule has 1 N–H and O–H groups in total. The van der Waals surface area contributed by atoms with Crippen LogP contribution in [-0.4, -0.2) is 31.1 Å². The molecular formula is C18H18N2O5. The molecule has 1 aromatic carbocycles. The third-order valence-electron chi connectivity index (χ3n) is 3.13. The molecule has 2 rings (SSSR count). The van der Waals surface area contributed by atoms with Crippen LogP contribution < -0.4 is 10.1 Å². The van der Waals surface area contributed by atoms with Gasteiger partial charge in [0.15, 0.2) is 0 Å². The van der Waals surface area contributed by atoms with Gasteiger partial charge in [0, 0.05) is 6.20 Å². The number of nitrogens with zero attached hydrogens (tertiary/aromatic N) is 1. The second kappa shape index (κ2) is 9.07. The second-order valence-corrected chi connectivity index (χ2v) is 4.80. The zero-order chi connectivity index (χ0) is 18.1. The lowest BCUT2D eigenvalue weighted by atomic mass is 10.2. The van der Waals surface area contributed by atoms with E-state index in [4.69, 9.17) is 4.74 Å². The molecule has 2 aromatic rings. The molecule has 0 aliphatic rings. The first-order chi connectivity index (χ1) is 12.1. The number of aromatic nitrogens is 1. The van der Waals surface area contributed by atoms with Crippen LogP contribution in [0.15, 0.2) is 60.4 Å². The molecule has 0 radical (unpaired) electrons. The Morgan fingerprint density at radius 1 is 1.08 bits per heavy atom. The summed E-state index contributed by atoms with van der Waals surface area (Å²) in [5, 5.41) is 2.84. The molecule has 0 aliphatic heterocycles. The van der Waals surface area contributed by atoms with E-state index in [-0.39, 0.29) is 12.3 Å². The van der Waals surface area contributed by atoms with Gasteiger partial charge in [-0.25, -0.2) is 9.59 Å². The van der Waals surface area contributed by atoms with Crippen molar-refractivity contribution in [2.24, 2.45) is 0 Å². The molecule has 0 atom stereocenters. The molecule has 1 aromatic heterocycles. The Bertz CT molecular complexity index is 759. The Balaban J connectivity index is 2.19. The van der Waals surface area contributed by atoms with Crippen LogP contribution in [0.5, 0.6) is 5.75 Å². The minimum Gasteiger partial charge on any atom is -0.485 e. The van der Waals surface area contributed by atoms with Gasteiger partial charge in [-0.2, -0.15) is 0 Å². The van der Waals surface area contributed by atoms with Gasteiger partial charge in [0.25, 0.3) is 0 Å². The van der Waals surface area contributed by atoms with Gasteiger partial charge in [-0.3, -0.25) is 4.98 Å². The highest BCUT2D eigenvalue weighted by Crippen LogP contribution is 2.26. The maximum Gasteiger partial charge on any atom is 0.354 e. The summed E-state index contributed by atoms with van der Waals surface area (Å²) in [5.41, 5.74) is 1.19. The van der Waals surface area contributed by atoms with E-state index in [0.29, 0.717) is 11.4 Å². The highest BCUT2D eigenvalue weighted by molar-refractivity contribution is 5.99. The van der Waals surface area contributed by atoms with E-state index in [0.717, 1.165) is 11.8 Å². The Hall–Kier alpha value is -3.35. The molecule has 0 bridgehead atoms. The quantitative estimate of drug-likeness (QED) is 0.610. The summed E-state index contributed by atoms with van der Waals surface area (Å²) < 4.78 is 15.0. The molecule has 0 amide bonds. The molecule has 0 spiro atoms. The van der Waals surface area contributed by atoms with Crippen molar-refractivity contribution in [2.75, 3.05) is 19.5 Å². The average Bonchev–Trinajstić information content (AvgIpc) is 2.66. The number of carbonyl (C=O) groups is 2. The van der Waals surface area contributed by atoms with Crippen LogP contribution in [0, 0.1) is 0 Å². The monoisotopic (exact) mass is 342 g/mol. The molecule has 0 saturated heterocycles. The van der Waals surface area contributed by atoms with Crippen molar-refractivity contribution in [1.29, 1.82) is 0 Å². The first-order valence-electron chi connectivity index (χ1n) is 7.40. The number of benzene rings is 1. The lowest BCUT2D eigenvalue weighted by Gasteiger charge is -2.14. The van der Waals surface area contributed by atoms with Gasteiger partial charge in [-0.05, 0) is 24.3 Å². The van der Waals surface area contributed by atoms with E-state index < -0.39 is 11.9 Å². The van der Waals surface area contributed by atoms with Crippen LogP contribution in [0.4, 0.5) is 5.69 Å². The number of methoxy groups -OCH3 is 2. The van der Waals surface area contributed by atoms with Crippen molar-refractivity contribution in [3.63, 3.8) is 0 Å². The minimum absolute atomic E-state index is 0.0664. The van der Waals surface area contributed by atoms with Crippen molar-refractivity contribution in [3.05, 3.63) is 66.1 Å². The normalized spacial score (nSPS) is 10.7. The van der Waals surface area contributed by atoms with Crippen molar-refractivity contribution < 1.29 is 23.8 Å². The Morgan fingerprint density at radius 2 is 1.84 bits per heavy atom. The number of esters is 2. The van der Waals surface area contributed by atoms with Crippen LogP contribution in [0.2, 0.25) is 0 Å². The molecule has 1 heterocycles. The van der Waals surface area contributed by atoms with E-state index in [1.807, 2.05) is 18.2 Å². The molecule has 7 heteroatoms. The number of hydrogen-bond acceptors (Lipinski definition) is 7. The fourth-order valence-corrected chi connectivity index (χ4v) is 1.91. The molecule has 0 saturated carbocycles. The SMILES string of the molecule is COC(=O)/C=C(/Nc1ccccc1OCc1ccccn1)C(=O)OC. The predicted octanol–water partition coefficient (Wildman–Crippen LogP) is 2.30. The van der Waals surface area contributed by atoms with Gasteiger partial charge in [-0.15, -0.1) is 0 Å². The first kappa shape index (κ1) is 18.0. The number of pyridine rings is 1. The van der Waals surface area contributed by atoms with Gasteiger partial charge < -0.3 is 19.5 Å². The van der Waals surface area contributed by atoms with Gasteiger partial charge in [0.05, 0.1) is 31.7 Å². The van der Waals surface area contributed by atoms with E-state index in [1.54, 1.807) is 30.5 Å². The average molecular weight is 342 g/mol. The van der Waals surface area contributed by atoms with E-state index >= 15 is 0 Å². The topological polar surface area (TPSA) is 86.8 Å². The largest absolute Gasteiger partial charge is 0.485 e. The molecular weight excluding hydrogens is 324 g/mol. The number of nitrogens with one attached hydrogen (secondary N) is 1. The van der Waals surface area contributed by atoms with Crippen LogP contribution in [0.3, 0.4) is 0 Å². The number of hydrogen-bond donors (Lipinski definition) is 1. The molecule has 0 fully saturated rings. The van der Waals surface area contributed by atoms with Crippen molar-refractivity contribution >= 4 is 17.6 Å². The summed E-state index contributed by atoms with van der Waals surface area (Å²) >= 11 is 0. The summed E-state index contributed by atoms with van der Waals surface area (Å²) in [6, 6.07) is 12.5. The maximum absolute atomic E-state index is 11.8. The van der Waals surface area contributed by atoms with Gasteiger partial charge in [-0.1, -0.05) is 18.2 Å².